The molecule has 3 nitrogen and oxygen atoms in total. The molecule has 0 bridgehead atoms. The minimum Gasteiger partial charge on any atom is -0.395 e. The van der Waals surface area contributed by atoms with Gasteiger partial charge in [0.1, 0.15) is 0 Å². The highest BCUT2D eigenvalue weighted by Crippen LogP contribution is 2.39. The van der Waals surface area contributed by atoms with Crippen LogP contribution in [0.3, 0.4) is 0 Å². The highest BCUT2D eigenvalue weighted by molar-refractivity contribution is 6.30. The SMILES string of the molecule is OCC1CC(C2CC(Cl)C(Cl)CC2O)CCN1. The highest BCUT2D eigenvalue weighted by Gasteiger charge is 2.39. The van der Waals surface area contributed by atoms with Gasteiger partial charge in [0.15, 0.2) is 0 Å². The lowest BCUT2D eigenvalue weighted by atomic mass is 9.73. The normalized spacial score (nSPS) is 48.0. The molecule has 1 aliphatic carbocycles. The van der Waals surface area contributed by atoms with E-state index in [1.165, 1.54) is 0 Å². The van der Waals surface area contributed by atoms with Gasteiger partial charge in [-0.3, -0.25) is 0 Å². The van der Waals surface area contributed by atoms with Crippen molar-refractivity contribution in [3.63, 3.8) is 0 Å². The van der Waals surface area contributed by atoms with Crippen molar-refractivity contribution in [3.8, 4) is 0 Å². The van der Waals surface area contributed by atoms with Crippen LogP contribution < -0.4 is 5.32 Å². The first kappa shape index (κ1) is 13.9. The van der Waals surface area contributed by atoms with Crippen LogP contribution >= 0.6 is 23.2 Å². The van der Waals surface area contributed by atoms with Gasteiger partial charge in [-0.15, -0.1) is 23.2 Å². The molecule has 2 aliphatic rings. The second-order valence-corrected chi connectivity index (χ2v) is 6.47. The zero-order chi connectivity index (χ0) is 12.4. The van der Waals surface area contributed by atoms with Gasteiger partial charge in [-0.05, 0) is 44.1 Å². The molecule has 0 amide bonds. The van der Waals surface area contributed by atoms with Crippen LogP contribution in [0.4, 0.5) is 0 Å². The standard InChI is InChI=1S/C12H21Cl2NO2/c13-10-4-9(12(17)5-11(10)14)7-1-2-15-8(3-7)6-16/h7-12,15-17H,1-6H2. The fourth-order valence-corrected chi connectivity index (χ4v) is 3.79. The zero-order valence-corrected chi connectivity index (χ0v) is 11.4. The predicted octanol–water partition coefficient (Wildman–Crippen LogP) is 1.33. The summed E-state index contributed by atoms with van der Waals surface area (Å²) in [6.45, 7) is 1.08. The van der Waals surface area contributed by atoms with Crippen molar-refractivity contribution in [2.45, 2.75) is 48.6 Å². The molecule has 1 heterocycles. The monoisotopic (exact) mass is 281 g/mol. The van der Waals surface area contributed by atoms with Crippen LogP contribution in [-0.2, 0) is 0 Å². The van der Waals surface area contributed by atoms with E-state index in [4.69, 9.17) is 23.2 Å². The molecule has 17 heavy (non-hydrogen) atoms. The lowest BCUT2D eigenvalue weighted by Crippen LogP contribution is -2.47. The molecule has 5 heteroatoms. The number of nitrogens with one attached hydrogen (secondary N) is 1. The fourth-order valence-electron chi connectivity index (χ4n) is 3.19. The van der Waals surface area contributed by atoms with E-state index in [0.29, 0.717) is 12.3 Å². The third-order valence-corrected chi connectivity index (χ3v) is 5.31. The van der Waals surface area contributed by atoms with Crippen molar-refractivity contribution >= 4 is 23.2 Å². The van der Waals surface area contributed by atoms with Crippen molar-refractivity contribution in [1.82, 2.24) is 5.32 Å². The van der Waals surface area contributed by atoms with E-state index in [1.807, 2.05) is 0 Å². The number of aliphatic hydroxyl groups excluding tert-OH is 2. The molecule has 2 fully saturated rings. The first-order valence-electron chi connectivity index (χ1n) is 6.42. The summed E-state index contributed by atoms with van der Waals surface area (Å²) in [6, 6.07) is 0.170. The molecule has 0 aromatic rings. The quantitative estimate of drug-likeness (QED) is 0.670. The number of hydrogen-bond donors (Lipinski definition) is 3. The van der Waals surface area contributed by atoms with Crippen LogP contribution in [-0.4, -0.2) is 46.3 Å². The number of piperidine rings is 1. The molecule has 0 aromatic carbocycles. The second kappa shape index (κ2) is 6.07. The number of rotatable bonds is 2. The Balaban J connectivity index is 1.96. The number of hydrogen-bond acceptors (Lipinski definition) is 3. The van der Waals surface area contributed by atoms with Gasteiger partial charge in [-0.25, -0.2) is 0 Å². The Bertz CT molecular complexity index is 255. The van der Waals surface area contributed by atoms with E-state index in [1.54, 1.807) is 0 Å². The maximum absolute atomic E-state index is 10.1. The molecule has 100 valence electrons. The summed E-state index contributed by atoms with van der Waals surface area (Å²) in [5.41, 5.74) is 0. The van der Waals surface area contributed by atoms with Crippen LogP contribution in [0, 0.1) is 11.8 Å². The van der Waals surface area contributed by atoms with Gasteiger partial charge >= 0.3 is 0 Å². The first-order chi connectivity index (χ1) is 8.11. The van der Waals surface area contributed by atoms with Crippen molar-refractivity contribution < 1.29 is 10.2 Å². The van der Waals surface area contributed by atoms with Gasteiger partial charge in [0.25, 0.3) is 0 Å². The van der Waals surface area contributed by atoms with Crippen LogP contribution in [0.1, 0.15) is 25.7 Å². The van der Waals surface area contributed by atoms with E-state index >= 15 is 0 Å². The van der Waals surface area contributed by atoms with Gasteiger partial charge in [0.05, 0.1) is 23.5 Å². The molecule has 3 N–H and O–H groups in total. The molecule has 1 saturated carbocycles. The van der Waals surface area contributed by atoms with Gasteiger partial charge < -0.3 is 15.5 Å². The fraction of sp³-hybridized carbons (Fsp3) is 1.00. The Morgan fingerprint density at radius 1 is 1.12 bits per heavy atom. The maximum atomic E-state index is 10.1. The van der Waals surface area contributed by atoms with Gasteiger partial charge in [0.2, 0.25) is 0 Å². The van der Waals surface area contributed by atoms with Crippen molar-refractivity contribution in [2.24, 2.45) is 11.8 Å². The van der Waals surface area contributed by atoms with E-state index < -0.39 is 0 Å². The molecule has 2 rings (SSSR count). The van der Waals surface area contributed by atoms with E-state index in [9.17, 15) is 10.2 Å². The zero-order valence-electron chi connectivity index (χ0n) is 9.86. The molecular formula is C12H21Cl2NO2. The van der Waals surface area contributed by atoms with Gasteiger partial charge in [-0.2, -0.15) is 0 Å². The molecule has 0 radical (unpaired) electrons. The Kier molecular flexibility index (Phi) is 4.96. The molecule has 6 unspecified atom stereocenters. The first-order valence-corrected chi connectivity index (χ1v) is 7.29. The van der Waals surface area contributed by atoms with E-state index in [0.717, 1.165) is 25.8 Å². The van der Waals surface area contributed by atoms with Crippen LogP contribution in [0.5, 0.6) is 0 Å². The summed E-state index contributed by atoms with van der Waals surface area (Å²) in [5.74, 6) is 0.692. The largest absolute Gasteiger partial charge is 0.395 e. The summed E-state index contributed by atoms with van der Waals surface area (Å²) >= 11 is 12.3. The Morgan fingerprint density at radius 2 is 1.82 bits per heavy atom. The van der Waals surface area contributed by atoms with Crippen molar-refractivity contribution in [1.29, 1.82) is 0 Å². The highest BCUT2D eigenvalue weighted by atomic mass is 35.5. The van der Waals surface area contributed by atoms with E-state index in [2.05, 4.69) is 5.32 Å². The molecule has 6 atom stereocenters. The van der Waals surface area contributed by atoms with Crippen molar-refractivity contribution in [3.05, 3.63) is 0 Å². The van der Waals surface area contributed by atoms with Crippen LogP contribution in [0.15, 0.2) is 0 Å². The number of aliphatic hydroxyl groups is 2. The average Bonchev–Trinajstić information content (AvgIpc) is 2.34. The molecule has 1 saturated heterocycles. The summed E-state index contributed by atoms with van der Waals surface area (Å²) in [7, 11) is 0. The topological polar surface area (TPSA) is 52.5 Å². The predicted molar refractivity (Wildman–Crippen MR) is 69.6 cm³/mol. The average molecular weight is 282 g/mol. The smallest absolute Gasteiger partial charge is 0.0586 e. The Morgan fingerprint density at radius 3 is 2.53 bits per heavy atom. The summed E-state index contributed by atoms with van der Waals surface area (Å²) in [4.78, 5) is 0. The number of halogens is 2. The minimum absolute atomic E-state index is 0.0347. The molecule has 1 aliphatic heterocycles. The summed E-state index contributed by atoms with van der Waals surface area (Å²) in [6.07, 6.45) is 3.02. The second-order valence-electron chi connectivity index (χ2n) is 5.35. The number of alkyl halides is 2. The van der Waals surface area contributed by atoms with Gasteiger partial charge in [0, 0.05) is 6.04 Å². The van der Waals surface area contributed by atoms with Crippen LogP contribution in [0.25, 0.3) is 0 Å². The molecular weight excluding hydrogens is 261 g/mol. The third-order valence-electron chi connectivity index (χ3n) is 4.21. The van der Waals surface area contributed by atoms with Crippen molar-refractivity contribution in [2.75, 3.05) is 13.2 Å². The minimum atomic E-state index is -0.338. The van der Waals surface area contributed by atoms with E-state index in [-0.39, 0.29) is 35.4 Å². The Hall–Kier alpha value is 0.460. The van der Waals surface area contributed by atoms with Crippen LogP contribution in [0.2, 0.25) is 0 Å². The van der Waals surface area contributed by atoms with Gasteiger partial charge in [-0.1, -0.05) is 0 Å². The molecule has 0 spiro atoms. The summed E-state index contributed by atoms with van der Waals surface area (Å²) in [5, 5.41) is 22.5. The third kappa shape index (κ3) is 3.27. The lowest BCUT2D eigenvalue weighted by molar-refractivity contribution is 0.0215. The summed E-state index contributed by atoms with van der Waals surface area (Å²) < 4.78 is 0. The Labute approximate surface area is 112 Å². The lowest BCUT2D eigenvalue weighted by Gasteiger charge is -2.41. The maximum Gasteiger partial charge on any atom is 0.0586 e. The molecule has 0 aromatic heterocycles.